The predicted octanol–water partition coefficient (Wildman–Crippen LogP) is 3.83. The van der Waals surface area contributed by atoms with Gasteiger partial charge in [-0.1, -0.05) is 11.2 Å². The van der Waals surface area contributed by atoms with Crippen LogP contribution in [0.2, 0.25) is 0 Å². The van der Waals surface area contributed by atoms with Crippen LogP contribution in [0.3, 0.4) is 0 Å². The zero-order chi connectivity index (χ0) is 22.8. The number of H-pyrrole nitrogens is 1. The number of aromatic nitrogens is 3. The van der Waals surface area contributed by atoms with Crippen molar-refractivity contribution in [3.05, 3.63) is 71.9 Å². The van der Waals surface area contributed by atoms with Crippen LogP contribution in [0.5, 0.6) is 5.75 Å². The quantitative estimate of drug-likeness (QED) is 0.483. The molecule has 5 rings (SSSR count). The van der Waals surface area contributed by atoms with Crippen LogP contribution in [0.4, 0.5) is 5.69 Å². The molecule has 3 heterocycles. The molecule has 2 aromatic carbocycles. The molecule has 9 nitrogen and oxygen atoms in total. The van der Waals surface area contributed by atoms with Gasteiger partial charge in [-0.2, -0.15) is 0 Å². The lowest BCUT2D eigenvalue weighted by atomic mass is 9.94. The summed E-state index contributed by atoms with van der Waals surface area (Å²) < 4.78 is 10.6. The largest absolute Gasteiger partial charge is 0.497 e. The summed E-state index contributed by atoms with van der Waals surface area (Å²) in [5, 5.41) is 6.95. The van der Waals surface area contributed by atoms with Crippen molar-refractivity contribution in [2.24, 2.45) is 0 Å². The van der Waals surface area contributed by atoms with Crippen LogP contribution < -0.4 is 10.1 Å². The Hall–Kier alpha value is -4.14. The van der Waals surface area contributed by atoms with Gasteiger partial charge in [-0.05, 0) is 49.2 Å². The molecule has 168 valence electrons. The molecule has 9 heteroatoms. The van der Waals surface area contributed by atoms with Crippen LogP contribution in [0.25, 0.3) is 11.0 Å². The molecule has 0 saturated carbocycles. The molecule has 1 atom stereocenters. The molecule has 0 bridgehead atoms. The Balaban J connectivity index is 1.26. The van der Waals surface area contributed by atoms with Crippen molar-refractivity contribution < 1.29 is 18.8 Å². The summed E-state index contributed by atoms with van der Waals surface area (Å²) in [5.74, 6) is 0.348. The van der Waals surface area contributed by atoms with E-state index in [1.807, 2.05) is 17.0 Å². The molecular formula is C24H23N5O4. The van der Waals surface area contributed by atoms with Crippen molar-refractivity contribution >= 4 is 28.5 Å². The first-order valence-corrected chi connectivity index (χ1v) is 10.7. The number of nitrogens with zero attached hydrogens (tertiary/aromatic N) is 3. The third kappa shape index (κ3) is 4.30. The molecule has 33 heavy (non-hydrogen) atoms. The van der Waals surface area contributed by atoms with E-state index in [9.17, 15) is 9.59 Å². The van der Waals surface area contributed by atoms with Crippen molar-refractivity contribution in [2.75, 3.05) is 25.5 Å². The fraction of sp³-hybridized carbons (Fsp3) is 0.250. The number of benzene rings is 2. The number of imidazole rings is 1. The topological polar surface area (TPSA) is 113 Å². The first-order valence-electron chi connectivity index (χ1n) is 10.7. The lowest BCUT2D eigenvalue weighted by Gasteiger charge is -2.31. The minimum atomic E-state index is -0.382. The zero-order valence-corrected chi connectivity index (χ0v) is 18.1. The molecule has 2 aromatic heterocycles. The van der Waals surface area contributed by atoms with Crippen molar-refractivity contribution in [3.8, 4) is 5.75 Å². The number of amides is 2. The Bertz CT molecular complexity index is 1310. The first kappa shape index (κ1) is 20.7. The van der Waals surface area contributed by atoms with Crippen LogP contribution in [-0.2, 0) is 0 Å². The van der Waals surface area contributed by atoms with Crippen LogP contribution >= 0.6 is 0 Å². The molecular weight excluding hydrogens is 422 g/mol. The summed E-state index contributed by atoms with van der Waals surface area (Å²) in [6.07, 6.45) is 3.32. The van der Waals surface area contributed by atoms with Gasteiger partial charge in [-0.15, -0.1) is 0 Å². The number of nitrogens with one attached hydrogen (secondary N) is 2. The lowest BCUT2D eigenvalue weighted by molar-refractivity contribution is 0.0704. The number of piperidine rings is 1. The molecule has 1 saturated heterocycles. The van der Waals surface area contributed by atoms with Gasteiger partial charge in [0.05, 0.1) is 30.2 Å². The van der Waals surface area contributed by atoms with Crippen molar-refractivity contribution in [1.29, 1.82) is 0 Å². The van der Waals surface area contributed by atoms with Gasteiger partial charge in [0, 0.05) is 36.3 Å². The first-order chi connectivity index (χ1) is 16.1. The van der Waals surface area contributed by atoms with Gasteiger partial charge in [-0.25, -0.2) is 4.98 Å². The molecule has 2 N–H and O–H groups in total. The van der Waals surface area contributed by atoms with E-state index >= 15 is 0 Å². The average molecular weight is 445 g/mol. The number of hydrogen-bond donors (Lipinski definition) is 2. The molecule has 0 aliphatic carbocycles. The van der Waals surface area contributed by atoms with E-state index in [4.69, 9.17) is 9.26 Å². The number of carbonyl (C=O) groups excluding carboxylic acids is 2. The minimum absolute atomic E-state index is 0.0000453. The molecule has 0 spiro atoms. The van der Waals surface area contributed by atoms with Crippen LogP contribution in [0, 0.1) is 0 Å². The molecule has 1 aliphatic heterocycles. The summed E-state index contributed by atoms with van der Waals surface area (Å²) in [6, 6.07) is 14.2. The Morgan fingerprint density at radius 1 is 1.21 bits per heavy atom. The van der Waals surface area contributed by atoms with Gasteiger partial charge < -0.3 is 24.5 Å². The Kier molecular flexibility index (Phi) is 5.52. The van der Waals surface area contributed by atoms with Gasteiger partial charge in [0.2, 0.25) is 5.76 Å². The van der Waals surface area contributed by atoms with E-state index in [1.54, 1.807) is 49.8 Å². The number of aromatic amines is 1. The normalized spacial score (nSPS) is 16.0. The summed E-state index contributed by atoms with van der Waals surface area (Å²) in [4.78, 5) is 34.6. The Morgan fingerprint density at radius 3 is 3.00 bits per heavy atom. The highest BCUT2D eigenvalue weighted by Crippen LogP contribution is 2.28. The zero-order valence-electron chi connectivity index (χ0n) is 18.1. The molecule has 1 fully saturated rings. The SMILES string of the molecule is COc1cccc(C(=O)N2CCCC(c3cc(C(=O)Nc4ccc5nc[nH]c5c4)on3)C2)c1. The van der Waals surface area contributed by atoms with Crippen molar-refractivity contribution in [1.82, 2.24) is 20.0 Å². The number of fused-ring (bicyclic) bond motifs is 1. The van der Waals surface area contributed by atoms with Crippen LogP contribution in [-0.4, -0.2) is 52.0 Å². The third-order valence-electron chi connectivity index (χ3n) is 5.87. The predicted molar refractivity (Wildman–Crippen MR) is 121 cm³/mol. The third-order valence-corrected chi connectivity index (χ3v) is 5.87. The highest BCUT2D eigenvalue weighted by atomic mass is 16.5. The van der Waals surface area contributed by atoms with Crippen LogP contribution in [0.15, 0.2) is 59.4 Å². The summed E-state index contributed by atoms with van der Waals surface area (Å²) in [5.41, 5.74) is 3.54. The standard InChI is InChI=1S/C24H23N5O4/c1-32-18-6-2-4-15(10-18)24(31)29-9-3-5-16(13-29)20-12-22(33-28-20)23(30)27-17-7-8-19-21(11-17)26-14-25-19/h2,4,6-8,10-12,14,16H,3,5,9,13H2,1H3,(H,25,26)(H,27,30). The highest BCUT2D eigenvalue weighted by molar-refractivity contribution is 6.03. The van der Waals surface area contributed by atoms with E-state index in [2.05, 4.69) is 20.4 Å². The van der Waals surface area contributed by atoms with E-state index in [0.717, 1.165) is 23.9 Å². The van der Waals surface area contributed by atoms with E-state index in [1.165, 1.54) is 0 Å². The van der Waals surface area contributed by atoms with Gasteiger partial charge in [-0.3, -0.25) is 9.59 Å². The number of carbonyl (C=O) groups is 2. The van der Waals surface area contributed by atoms with Crippen molar-refractivity contribution in [3.63, 3.8) is 0 Å². The van der Waals surface area contributed by atoms with E-state index in [0.29, 0.717) is 35.8 Å². The molecule has 4 aromatic rings. The number of anilines is 1. The van der Waals surface area contributed by atoms with Gasteiger partial charge in [0.25, 0.3) is 11.8 Å². The van der Waals surface area contributed by atoms with E-state index in [-0.39, 0.29) is 23.5 Å². The Labute approximate surface area is 189 Å². The molecule has 1 unspecified atom stereocenters. The number of likely N-dealkylation sites (tertiary alicyclic amines) is 1. The smallest absolute Gasteiger partial charge is 0.294 e. The second kappa shape index (κ2) is 8.78. The van der Waals surface area contributed by atoms with Gasteiger partial charge in [0.15, 0.2) is 0 Å². The minimum Gasteiger partial charge on any atom is -0.497 e. The van der Waals surface area contributed by atoms with Gasteiger partial charge in [0.1, 0.15) is 5.75 Å². The summed E-state index contributed by atoms with van der Waals surface area (Å²) >= 11 is 0. The molecule has 1 aliphatic rings. The number of rotatable bonds is 5. The van der Waals surface area contributed by atoms with E-state index < -0.39 is 0 Å². The average Bonchev–Trinajstić information content (AvgIpc) is 3.53. The maximum Gasteiger partial charge on any atom is 0.294 e. The summed E-state index contributed by atoms with van der Waals surface area (Å²) in [6.45, 7) is 1.19. The fourth-order valence-electron chi connectivity index (χ4n) is 4.14. The second-order valence-corrected chi connectivity index (χ2v) is 8.03. The van der Waals surface area contributed by atoms with Crippen LogP contribution in [0.1, 0.15) is 45.4 Å². The fourth-order valence-corrected chi connectivity index (χ4v) is 4.14. The summed E-state index contributed by atoms with van der Waals surface area (Å²) in [7, 11) is 1.58. The monoisotopic (exact) mass is 445 g/mol. The van der Waals surface area contributed by atoms with Crippen molar-refractivity contribution in [2.45, 2.75) is 18.8 Å². The maximum absolute atomic E-state index is 13.0. The number of methoxy groups -OCH3 is 1. The number of ether oxygens (including phenoxy) is 1. The Morgan fingerprint density at radius 2 is 2.12 bits per heavy atom. The lowest BCUT2D eigenvalue weighted by Crippen LogP contribution is -2.39. The van der Waals surface area contributed by atoms with Gasteiger partial charge >= 0.3 is 0 Å². The highest BCUT2D eigenvalue weighted by Gasteiger charge is 2.28. The second-order valence-electron chi connectivity index (χ2n) is 8.03. The molecule has 0 radical (unpaired) electrons. The maximum atomic E-state index is 13.0. The number of hydrogen-bond acceptors (Lipinski definition) is 6. The molecule has 2 amide bonds.